The zero-order valence-corrected chi connectivity index (χ0v) is 18.6. The van der Waals surface area contributed by atoms with Gasteiger partial charge in [-0.2, -0.15) is 0 Å². The Morgan fingerprint density at radius 1 is 0.967 bits per heavy atom. The summed E-state index contributed by atoms with van der Waals surface area (Å²) < 4.78 is 16.2. The SMILES string of the molecule is CC1=C2CC3(CC2=C(C)C(=O)CN(C(=O)OC(C)(C)C)C1)C(=O)OC(C)(C)OC3=O. The van der Waals surface area contributed by atoms with Gasteiger partial charge in [-0.15, -0.1) is 0 Å². The Kier molecular flexibility index (Phi) is 5.12. The molecule has 8 heteroatoms. The van der Waals surface area contributed by atoms with Crippen LogP contribution in [0.15, 0.2) is 22.3 Å². The third kappa shape index (κ3) is 3.87. The molecule has 8 nitrogen and oxygen atoms in total. The maximum absolute atomic E-state index is 12.9. The molecule has 1 saturated carbocycles. The molecule has 0 aromatic rings. The number of amides is 1. The van der Waals surface area contributed by atoms with Crippen LogP contribution in [0.4, 0.5) is 4.79 Å². The van der Waals surface area contributed by atoms with Gasteiger partial charge in [-0.05, 0) is 57.8 Å². The Hall–Kier alpha value is -2.64. The van der Waals surface area contributed by atoms with Crippen molar-refractivity contribution in [1.82, 2.24) is 4.90 Å². The van der Waals surface area contributed by atoms with E-state index in [1.165, 1.54) is 18.7 Å². The van der Waals surface area contributed by atoms with E-state index in [4.69, 9.17) is 14.2 Å². The fraction of sp³-hybridized carbons (Fsp3) is 0.636. The van der Waals surface area contributed by atoms with Crippen molar-refractivity contribution in [1.29, 1.82) is 0 Å². The molecular formula is C22H29NO7. The number of Topliss-reactive ketones (excluding diaryl/α,β-unsaturated/α-hetero) is 1. The molecule has 3 rings (SSSR count). The van der Waals surface area contributed by atoms with Gasteiger partial charge < -0.3 is 14.2 Å². The summed E-state index contributed by atoms with van der Waals surface area (Å²) in [5.74, 6) is -2.87. The Morgan fingerprint density at radius 2 is 1.50 bits per heavy atom. The van der Waals surface area contributed by atoms with Crippen LogP contribution >= 0.6 is 0 Å². The normalized spacial score (nSPS) is 23.7. The van der Waals surface area contributed by atoms with Crippen molar-refractivity contribution in [2.75, 3.05) is 13.1 Å². The number of allylic oxidation sites excluding steroid dienone is 2. The van der Waals surface area contributed by atoms with E-state index in [-0.39, 0.29) is 31.7 Å². The smallest absolute Gasteiger partial charge is 0.410 e. The molecule has 164 valence electrons. The fourth-order valence-corrected chi connectivity index (χ4v) is 4.03. The zero-order chi connectivity index (χ0) is 22.6. The van der Waals surface area contributed by atoms with Gasteiger partial charge in [-0.1, -0.05) is 5.57 Å². The molecule has 1 aliphatic carbocycles. The van der Waals surface area contributed by atoms with E-state index in [0.29, 0.717) is 11.1 Å². The highest BCUT2D eigenvalue weighted by molar-refractivity contribution is 6.05. The standard InChI is InChI=1S/C22H29NO7/c1-12-10-23(19(27)30-20(3,4)5)11-16(24)13(2)15-9-22(8-14(12)15)17(25)28-21(6,7)29-18(22)26/h8-11H2,1-7H3. The summed E-state index contributed by atoms with van der Waals surface area (Å²) in [6, 6.07) is 0. The first-order valence-corrected chi connectivity index (χ1v) is 10.0. The fourth-order valence-electron chi connectivity index (χ4n) is 4.03. The van der Waals surface area contributed by atoms with E-state index in [1.54, 1.807) is 27.7 Å². The quantitative estimate of drug-likeness (QED) is 0.439. The van der Waals surface area contributed by atoms with Crippen LogP contribution in [-0.4, -0.2) is 53.2 Å². The van der Waals surface area contributed by atoms with Crippen molar-refractivity contribution in [3.8, 4) is 0 Å². The molecule has 0 bridgehead atoms. The minimum Gasteiger partial charge on any atom is -0.444 e. The van der Waals surface area contributed by atoms with Crippen molar-refractivity contribution in [2.24, 2.45) is 5.41 Å². The molecule has 2 fully saturated rings. The lowest BCUT2D eigenvalue weighted by molar-refractivity contribution is -0.250. The van der Waals surface area contributed by atoms with Crippen molar-refractivity contribution in [2.45, 2.75) is 72.7 Å². The maximum Gasteiger partial charge on any atom is 0.410 e. The van der Waals surface area contributed by atoms with Gasteiger partial charge >= 0.3 is 18.0 Å². The minimum atomic E-state index is -1.50. The molecule has 0 atom stereocenters. The van der Waals surface area contributed by atoms with E-state index in [0.717, 1.165) is 11.1 Å². The molecule has 30 heavy (non-hydrogen) atoms. The zero-order valence-electron chi connectivity index (χ0n) is 18.6. The Labute approximate surface area is 176 Å². The average Bonchev–Trinajstić information content (AvgIpc) is 2.98. The van der Waals surface area contributed by atoms with Crippen molar-refractivity contribution < 1.29 is 33.4 Å². The number of nitrogens with zero attached hydrogens (tertiary/aromatic N) is 1. The second kappa shape index (κ2) is 6.96. The van der Waals surface area contributed by atoms with Crippen LogP contribution in [0.25, 0.3) is 0 Å². The first-order valence-electron chi connectivity index (χ1n) is 10.0. The van der Waals surface area contributed by atoms with Gasteiger partial charge in [0, 0.05) is 26.8 Å². The molecule has 0 unspecified atom stereocenters. The van der Waals surface area contributed by atoms with Gasteiger partial charge in [-0.3, -0.25) is 19.3 Å². The van der Waals surface area contributed by atoms with Crippen LogP contribution in [0.3, 0.4) is 0 Å². The second-order valence-electron chi connectivity index (χ2n) is 9.74. The van der Waals surface area contributed by atoms with Crippen LogP contribution in [0.2, 0.25) is 0 Å². The highest BCUT2D eigenvalue weighted by atomic mass is 16.7. The molecule has 1 amide bonds. The lowest BCUT2D eigenvalue weighted by Gasteiger charge is -2.37. The van der Waals surface area contributed by atoms with Gasteiger partial charge in [0.2, 0.25) is 0 Å². The third-order valence-electron chi connectivity index (χ3n) is 5.58. The molecule has 2 heterocycles. The van der Waals surface area contributed by atoms with Gasteiger partial charge in [0.25, 0.3) is 5.79 Å². The maximum atomic E-state index is 12.9. The van der Waals surface area contributed by atoms with Crippen LogP contribution in [0.1, 0.15) is 61.3 Å². The molecular weight excluding hydrogens is 390 g/mol. The van der Waals surface area contributed by atoms with E-state index in [1.807, 2.05) is 6.92 Å². The largest absolute Gasteiger partial charge is 0.444 e. The van der Waals surface area contributed by atoms with Crippen molar-refractivity contribution >= 4 is 23.8 Å². The van der Waals surface area contributed by atoms with E-state index in [2.05, 4.69) is 0 Å². The Morgan fingerprint density at radius 3 is 2.03 bits per heavy atom. The van der Waals surface area contributed by atoms with Gasteiger partial charge in [0.15, 0.2) is 11.2 Å². The number of carbonyl (C=O) groups is 4. The molecule has 0 N–H and O–H groups in total. The number of fused-ring (bicyclic) bond motifs is 1. The number of ketones is 1. The molecule has 0 aromatic heterocycles. The molecule has 1 saturated heterocycles. The summed E-state index contributed by atoms with van der Waals surface area (Å²) in [7, 11) is 0. The first-order chi connectivity index (χ1) is 13.7. The summed E-state index contributed by atoms with van der Waals surface area (Å²) in [5.41, 5.74) is 0.423. The summed E-state index contributed by atoms with van der Waals surface area (Å²) in [6.45, 7) is 11.8. The summed E-state index contributed by atoms with van der Waals surface area (Å²) in [5, 5.41) is 0. The number of rotatable bonds is 0. The summed E-state index contributed by atoms with van der Waals surface area (Å²) >= 11 is 0. The number of ether oxygens (including phenoxy) is 3. The highest BCUT2D eigenvalue weighted by Crippen LogP contribution is 2.52. The van der Waals surface area contributed by atoms with Gasteiger partial charge in [0.05, 0.1) is 6.54 Å². The van der Waals surface area contributed by atoms with Crippen LogP contribution < -0.4 is 0 Å². The first kappa shape index (κ1) is 22.1. The summed E-state index contributed by atoms with van der Waals surface area (Å²) in [6.07, 6.45) is -0.454. The molecule has 3 aliphatic rings. The highest BCUT2D eigenvalue weighted by Gasteiger charge is 2.60. The third-order valence-corrected chi connectivity index (χ3v) is 5.58. The number of cyclic esters (lactones) is 2. The van der Waals surface area contributed by atoms with Gasteiger partial charge in [0.1, 0.15) is 5.60 Å². The number of esters is 2. The molecule has 0 aromatic carbocycles. The predicted molar refractivity (Wildman–Crippen MR) is 106 cm³/mol. The van der Waals surface area contributed by atoms with Crippen molar-refractivity contribution in [3.63, 3.8) is 0 Å². The van der Waals surface area contributed by atoms with E-state index >= 15 is 0 Å². The van der Waals surface area contributed by atoms with Crippen LogP contribution in [0.5, 0.6) is 0 Å². The van der Waals surface area contributed by atoms with E-state index in [9.17, 15) is 19.2 Å². The van der Waals surface area contributed by atoms with Crippen LogP contribution in [0, 0.1) is 5.41 Å². The Bertz CT molecular complexity index is 881. The predicted octanol–water partition coefficient (Wildman–Crippen LogP) is 3.06. The lowest BCUT2D eigenvalue weighted by atomic mass is 9.84. The lowest BCUT2D eigenvalue weighted by Crippen LogP contribution is -2.52. The second-order valence-corrected chi connectivity index (χ2v) is 9.74. The Balaban J connectivity index is 2.00. The van der Waals surface area contributed by atoms with Gasteiger partial charge in [-0.25, -0.2) is 4.79 Å². The molecule has 1 spiro atoms. The molecule has 0 radical (unpaired) electrons. The topological polar surface area (TPSA) is 99.2 Å². The summed E-state index contributed by atoms with van der Waals surface area (Å²) in [4.78, 5) is 52.5. The minimum absolute atomic E-state index is 0.0530. The van der Waals surface area contributed by atoms with E-state index < -0.39 is 34.8 Å². The number of hydrogen-bond acceptors (Lipinski definition) is 7. The average molecular weight is 419 g/mol. The van der Waals surface area contributed by atoms with Crippen LogP contribution in [-0.2, 0) is 28.6 Å². The van der Waals surface area contributed by atoms with Crippen molar-refractivity contribution in [3.05, 3.63) is 22.3 Å². The molecule has 2 aliphatic heterocycles. The number of carbonyl (C=O) groups excluding carboxylic acids is 4. The monoisotopic (exact) mass is 419 g/mol. The number of hydrogen-bond donors (Lipinski definition) is 0.